The molecule has 0 aliphatic carbocycles. The van der Waals surface area contributed by atoms with Crippen molar-refractivity contribution in [3.63, 3.8) is 0 Å². The van der Waals surface area contributed by atoms with Gasteiger partial charge in [-0.1, -0.05) is 0 Å². The third-order valence-corrected chi connectivity index (χ3v) is 3.10. The molecule has 20 heavy (non-hydrogen) atoms. The van der Waals surface area contributed by atoms with Crippen LogP contribution in [0.2, 0.25) is 0 Å². The van der Waals surface area contributed by atoms with E-state index in [0.29, 0.717) is 5.56 Å². The molecule has 5 nitrogen and oxygen atoms in total. The van der Waals surface area contributed by atoms with Gasteiger partial charge >= 0.3 is 6.18 Å². The molecule has 1 amide bonds. The number of ether oxygens (including phenoxy) is 1. The zero-order chi connectivity index (χ0) is 14.9. The Morgan fingerprint density at radius 2 is 2.20 bits per heavy atom. The van der Waals surface area contributed by atoms with E-state index in [9.17, 15) is 18.0 Å². The topological polar surface area (TPSA) is 47.4 Å². The smallest absolute Gasteiger partial charge is 0.365 e. The van der Waals surface area contributed by atoms with E-state index in [1.54, 1.807) is 10.9 Å². The predicted octanol–water partition coefficient (Wildman–Crippen LogP) is 1.87. The summed E-state index contributed by atoms with van der Waals surface area (Å²) in [5.41, 5.74) is 0.293. The Morgan fingerprint density at radius 3 is 2.75 bits per heavy atom. The van der Waals surface area contributed by atoms with Crippen molar-refractivity contribution in [1.82, 2.24) is 14.7 Å². The van der Waals surface area contributed by atoms with E-state index < -0.39 is 24.7 Å². The number of carbonyl (C=O) groups is 1. The Hall–Kier alpha value is -1.57. The number of morpholine rings is 1. The van der Waals surface area contributed by atoms with Crippen LogP contribution in [0, 0.1) is 0 Å². The van der Waals surface area contributed by atoms with Gasteiger partial charge in [0.2, 0.25) is 0 Å². The van der Waals surface area contributed by atoms with E-state index in [2.05, 4.69) is 9.84 Å². The molecule has 8 heteroatoms. The highest BCUT2D eigenvalue weighted by Crippen LogP contribution is 2.26. The molecule has 1 aromatic heterocycles. The van der Waals surface area contributed by atoms with Gasteiger partial charge in [-0.05, 0) is 13.8 Å². The number of alkyl halides is 3. The molecule has 1 saturated heterocycles. The highest BCUT2D eigenvalue weighted by atomic mass is 19.4. The van der Waals surface area contributed by atoms with Crippen molar-refractivity contribution in [2.75, 3.05) is 19.7 Å². The maximum Gasteiger partial charge on any atom is 0.416 e. The number of amides is 1. The van der Waals surface area contributed by atoms with E-state index >= 15 is 0 Å². The Morgan fingerprint density at radius 1 is 1.50 bits per heavy atom. The molecule has 0 spiro atoms. The van der Waals surface area contributed by atoms with Crippen molar-refractivity contribution in [2.45, 2.75) is 32.2 Å². The summed E-state index contributed by atoms with van der Waals surface area (Å²) in [5, 5.41) is 4.02. The second kappa shape index (κ2) is 5.43. The van der Waals surface area contributed by atoms with Gasteiger partial charge in [-0.25, -0.2) is 0 Å². The fraction of sp³-hybridized carbons (Fsp3) is 0.667. The summed E-state index contributed by atoms with van der Waals surface area (Å²) in [5.74, 6) is -0.450. The zero-order valence-corrected chi connectivity index (χ0v) is 11.2. The molecule has 1 fully saturated rings. The molecule has 0 unspecified atom stereocenters. The van der Waals surface area contributed by atoms with Crippen molar-refractivity contribution < 1.29 is 22.7 Å². The average Bonchev–Trinajstić information content (AvgIpc) is 2.87. The number of rotatable bonds is 2. The number of nitrogens with zero attached hydrogens (tertiary/aromatic N) is 3. The first-order valence-electron chi connectivity index (χ1n) is 6.31. The summed E-state index contributed by atoms with van der Waals surface area (Å²) >= 11 is 0. The number of hydrogen-bond donors (Lipinski definition) is 0. The zero-order valence-electron chi connectivity index (χ0n) is 11.2. The summed E-state index contributed by atoms with van der Waals surface area (Å²) in [6.45, 7) is 3.35. The first-order valence-corrected chi connectivity index (χ1v) is 6.31. The van der Waals surface area contributed by atoms with Gasteiger partial charge in [0.15, 0.2) is 6.10 Å². The van der Waals surface area contributed by atoms with Crippen LogP contribution in [0.4, 0.5) is 13.2 Å². The minimum atomic E-state index is -4.46. The lowest BCUT2D eigenvalue weighted by Gasteiger charge is -2.33. The van der Waals surface area contributed by atoms with Crippen LogP contribution in [0.15, 0.2) is 12.4 Å². The molecule has 2 rings (SSSR count). The summed E-state index contributed by atoms with van der Waals surface area (Å²) in [4.78, 5) is 13.3. The van der Waals surface area contributed by atoms with Crippen LogP contribution in [0.3, 0.4) is 0 Å². The molecule has 1 aromatic rings. The van der Waals surface area contributed by atoms with Crippen molar-refractivity contribution in [2.24, 2.45) is 0 Å². The number of carbonyl (C=O) groups excluding carboxylic acids is 1. The van der Waals surface area contributed by atoms with Gasteiger partial charge in [0.25, 0.3) is 5.91 Å². The fourth-order valence-electron chi connectivity index (χ4n) is 1.95. The van der Waals surface area contributed by atoms with Gasteiger partial charge in [0, 0.05) is 18.8 Å². The number of halogens is 3. The summed E-state index contributed by atoms with van der Waals surface area (Å²) in [6, 6.07) is 0.0872. The highest BCUT2D eigenvalue weighted by Gasteiger charge is 2.44. The van der Waals surface area contributed by atoms with Crippen LogP contribution in [-0.2, 0) is 4.74 Å². The molecule has 0 N–H and O–H groups in total. The standard InChI is InChI=1S/C12H16F3N3O2/c1-8(2)18-6-9(5-16-18)11(19)17-3-4-20-10(7-17)12(13,14)15/h5-6,8,10H,3-4,7H2,1-2H3/t10-/m1/s1. The number of hydrogen-bond acceptors (Lipinski definition) is 3. The van der Waals surface area contributed by atoms with Crippen molar-refractivity contribution in [3.05, 3.63) is 18.0 Å². The van der Waals surface area contributed by atoms with Gasteiger partial charge in [-0.2, -0.15) is 18.3 Å². The maximum atomic E-state index is 12.6. The first kappa shape index (κ1) is 14.8. The van der Waals surface area contributed by atoms with Crippen LogP contribution in [0.1, 0.15) is 30.2 Å². The molecule has 0 saturated carbocycles. The Bertz CT molecular complexity index is 485. The van der Waals surface area contributed by atoms with Crippen LogP contribution in [0.25, 0.3) is 0 Å². The Labute approximate surface area is 114 Å². The van der Waals surface area contributed by atoms with Crippen molar-refractivity contribution in [3.8, 4) is 0 Å². The molecule has 0 radical (unpaired) electrons. The second-order valence-corrected chi connectivity index (χ2v) is 4.95. The van der Waals surface area contributed by atoms with E-state index in [0.717, 1.165) is 4.90 Å². The van der Waals surface area contributed by atoms with Gasteiger partial charge in [0.1, 0.15) is 0 Å². The van der Waals surface area contributed by atoms with Gasteiger partial charge in [0.05, 0.1) is 24.9 Å². The molecule has 0 aromatic carbocycles. The number of aromatic nitrogens is 2. The third kappa shape index (κ3) is 3.12. The molecule has 0 bridgehead atoms. The Balaban J connectivity index is 2.08. The molecule has 1 atom stereocenters. The predicted molar refractivity (Wildman–Crippen MR) is 64.3 cm³/mol. The molecular formula is C12H16F3N3O2. The molecular weight excluding hydrogens is 275 g/mol. The van der Waals surface area contributed by atoms with Crippen molar-refractivity contribution in [1.29, 1.82) is 0 Å². The van der Waals surface area contributed by atoms with Gasteiger partial charge < -0.3 is 9.64 Å². The largest absolute Gasteiger partial charge is 0.416 e. The summed E-state index contributed by atoms with van der Waals surface area (Å²) in [7, 11) is 0. The SMILES string of the molecule is CC(C)n1cc(C(=O)N2CCO[C@@H](C(F)(F)F)C2)cn1. The molecule has 1 aliphatic rings. The van der Waals surface area contributed by atoms with Crippen molar-refractivity contribution >= 4 is 5.91 Å². The molecule has 2 heterocycles. The van der Waals surface area contributed by atoms with Gasteiger partial charge in [-0.15, -0.1) is 0 Å². The van der Waals surface area contributed by atoms with E-state index in [1.807, 2.05) is 13.8 Å². The molecule has 1 aliphatic heterocycles. The first-order chi connectivity index (χ1) is 9.29. The quantitative estimate of drug-likeness (QED) is 0.835. The summed E-state index contributed by atoms with van der Waals surface area (Å²) in [6.07, 6.45) is -3.45. The van der Waals surface area contributed by atoms with E-state index in [-0.39, 0.29) is 19.2 Å². The van der Waals surface area contributed by atoms with Crippen LogP contribution < -0.4 is 0 Å². The Kier molecular flexibility index (Phi) is 4.03. The van der Waals surface area contributed by atoms with Gasteiger partial charge in [-0.3, -0.25) is 9.48 Å². The highest BCUT2D eigenvalue weighted by molar-refractivity contribution is 5.93. The monoisotopic (exact) mass is 291 g/mol. The average molecular weight is 291 g/mol. The van der Waals surface area contributed by atoms with Crippen LogP contribution in [-0.4, -0.2) is 52.6 Å². The maximum absolute atomic E-state index is 12.6. The normalized spacial score (nSPS) is 20.5. The fourth-order valence-corrected chi connectivity index (χ4v) is 1.95. The molecule has 112 valence electrons. The summed E-state index contributed by atoms with van der Waals surface area (Å²) < 4.78 is 44.1. The minimum Gasteiger partial charge on any atom is -0.365 e. The lowest BCUT2D eigenvalue weighted by Crippen LogP contribution is -2.51. The second-order valence-electron chi connectivity index (χ2n) is 4.95. The third-order valence-electron chi connectivity index (χ3n) is 3.10. The lowest BCUT2D eigenvalue weighted by molar-refractivity contribution is -0.233. The minimum absolute atomic E-state index is 0.0872. The van der Waals surface area contributed by atoms with Crippen LogP contribution in [0.5, 0.6) is 0 Å². The van der Waals surface area contributed by atoms with E-state index in [1.165, 1.54) is 6.20 Å². The van der Waals surface area contributed by atoms with E-state index in [4.69, 9.17) is 0 Å². The van der Waals surface area contributed by atoms with Crippen LogP contribution >= 0.6 is 0 Å². The lowest BCUT2D eigenvalue weighted by atomic mass is 10.2.